The molecule has 0 aromatic heterocycles. The lowest BCUT2D eigenvalue weighted by Gasteiger charge is -2.34. The fraction of sp³-hybridized carbons (Fsp3) is 0.850. The van der Waals surface area contributed by atoms with E-state index in [0.29, 0.717) is 6.04 Å². The Kier molecular flexibility index (Phi) is 12.5. The number of piperidine rings is 2. The molecule has 0 radical (unpaired) electrons. The van der Waals surface area contributed by atoms with Crippen molar-refractivity contribution in [2.75, 3.05) is 66.6 Å². The average molecular weight is 493 g/mol. The van der Waals surface area contributed by atoms with Crippen molar-refractivity contribution in [1.29, 1.82) is 0 Å². The number of methoxy groups -OCH3 is 1. The van der Waals surface area contributed by atoms with Gasteiger partial charge in [0.2, 0.25) is 0 Å². The molecule has 0 aromatic carbocycles. The minimum Gasteiger partial charge on any atom is -0.383 e. The molecule has 0 aliphatic carbocycles. The minimum atomic E-state index is 0. The highest BCUT2D eigenvalue weighted by Gasteiger charge is 2.21. The molecular formula is C20H40IN5O. The molecule has 2 saturated heterocycles. The van der Waals surface area contributed by atoms with Crippen LogP contribution in [0.15, 0.2) is 17.1 Å². The topological polar surface area (TPSA) is 52.1 Å². The van der Waals surface area contributed by atoms with Gasteiger partial charge in [-0.15, -0.1) is 24.0 Å². The van der Waals surface area contributed by atoms with E-state index in [1.165, 1.54) is 44.3 Å². The van der Waals surface area contributed by atoms with Crippen molar-refractivity contribution in [3.8, 4) is 0 Å². The zero-order chi connectivity index (χ0) is 18.8. The second-order valence-corrected chi connectivity index (χ2v) is 7.88. The van der Waals surface area contributed by atoms with Crippen LogP contribution in [-0.2, 0) is 4.74 Å². The molecule has 2 heterocycles. The zero-order valence-electron chi connectivity index (χ0n) is 17.5. The molecule has 2 aliphatic heterocycles. The summed E-state index contributed by atoms with van der Waals surface area (Å²) in [5, 5.41) is 7.17. The highest BCUT2D eigenvalue weighted by molar-refractivity contribution is 14.0. The fourth-order valence-electron chi connectivity index (χ4n) is 3.88. The van der Waals surface area contributed by atoms with Gasteiger partial charge in [-0.2, -0.15) is 0 Å². The normalized spacial score (nSPS) is 20.9. The fourth-order valence-corrected chi connectivity index (χ4v) is 3.88. The van der Waals surface area contributed by atoms with Gasteiger partial charge in [0.1, 0.15) is 0 Å². The van der Waals surface area contributed by atoms with Crippen molar-refractivity contribution in [1.82, 2.24) is 20.4 Å². The monoisotopic (exact) mass is 493 g/mol. The van der Waals surface area contributed by atoms with Gasteiger partial charge in [-0.3, -0.25) is 9.89 Å². The largest absolute Gasteiger partial charge is 0.383 e. The predicted octanol–water partition coefficient (Wildman–Crippen LogP) is 2.17. The van der Waals surface area contributed by atoms with Crippen LogP contribution in [0.4, 0.5) is 0 Å². The number of hydrogen-bond acceptors (Lipinski definition) is 4. The third kappa shape index (κ3) is 9.58. The summed E-state index contributed by atoms with van der Waals surface area (Å²) < 4.78 is 5.18. The van der Waals surface area contributed by atoms with Crippen molar-refractivity contribution < 1.29 is 4.74 Å². The Morgan fingerprint density at radius 3 is 2.30 bits per heavy atom. The number of nitrogens with one attached hydrogen (secondary N) is 2. The van der Waals surface area contributed by atoms with Gasteiger partial charge in [0, 0.05) is 52.9 Å². The number of likely N-dealkylation sites (tertiary alicyclic amines) is 2. The number of guanidine groups is 1. The number of nitrogens with zero attached hydrogens (tertiary/aromatic N) is 3. The van der Waals surface area contributed by atoms with Crippen LogP contribution in [0.5, 0.6) is 0 Å². The lowest BCUT2D eigenvalue weighted by atomic mass is 9.97. The standard InChI is InChI=1S/C20H39N5O.HI/c1-17(2)16-25-11-7-19(8-12-25)23-20(21-3)22-15-18-5-9-24(10-6-18)13-14-26-4;/h18-19H,1,5-16H2,2-4H3,(H2,21,22,23);1H. The van der Waals surface area contributed by atoms with Gasteiger partial charge >= 0.3 is 0 Å². The van der Waals surface area contributed by atoms with Gasteiger partial charge < -0.3 is 20.3 Å². The van der Waals surface area contributed by atoms with Crippen LogP contribution < -0.4 is 10.6 Å². The Morgan fingerprint density at radius 1 is 1.11 bits per heavy atom. The molecule has 0 saturated carbocycles. The maximum absolute atomic E-state index is 5.18. The maximum Gasteiger partial charge on any atom is 0.191 e. The summed E-state index contributed by atoms with van der Waals surface area (Å²) in [6, 6.07) is 0.526. The SMILES string of the molecule is C=C(C)CN1CCC(NC(=NC)NCC2CCN(CCOC)CC2)CC1.I. The quantitative estimate of drug-likeness (QED) is 0.235. The van der Waals surface area contributed by atoms with Crippen molar-refractivity contribution >= 4 is 29.9 Å². The third-order valence-electron chi connectivity index (χ3n) is 5.52. The molecule has 7 heteroatoms. The highest BCUT2D eigenvalue weighted by atomic mass is 127. The Morgan fingerprint density at radius 2 is 1.74 bits per heavy atom. The van der Waals surface area contributed by atoms with Crippen LogP contribution >= 0.6 is 24.0 Å². The molecule has 2 N–H and O–H groups in total. The average Bonchev–Trinajstić information content (AvgIpc) is 2.65. The molecule has 2 rings (SSSR count). The summed E-state index contributed by atoms with van der Waals surface area (Å²) >= 11 is 0. The van der Waals surface area contributed by atoms with E-state index in [1.807, 2.05) is 7.05 Å². The first kappa shape index (κ1) is 24.7. The van der Waals surface area contributed by atoms with E-state index in [2.05, 4.69) is 38.9 Å². The van der Waals surface area contributed by atoms with Crippen LogP contribution in [0.25, 0.3) is 0 Å². The van der Waals surface area contributed by atoms with Crippen molar-refractivity contribution in [3.05, 3.63) is 12.2 Å². The Hall–Kier alpha value is -0.380. The van der Waals surface area contributed by atoms with Crippen LogP contribution in [0.2, 0.25) is 0 Å². The second kappa shape index (κ2) is 13.7. The molecule has 0 amide bonds. The van der Waals surface area contributed by atoms with E-state index in [1.54, 1.807) is 7.11 Å². The van der Waals surface area contributed by atoms with Crippen LogP contribution in [0, 0.1) is 5.92 Å². The summed E-state index contributed by atoms with van der Waals surface area (Å²) in [5.41, 5.74) is 1.25. The van der Waals surface area contributed by atoms with Crippen molar-refractivity contribution in [2.45, 2.75) is 38.6 Å². The lowest BCUT2D eigenvalue weighted by molar-refractivity contribution is 0.120. The summed E-state index contributed by atoms with van der Waals surface area (Å²) in [6.45, 7) is 14.7. The van der Waals surface area contributed by atoms with E-state index < -0.39 is 0 Å². The molecule has 158 valence electrons. The summed E-state index contributed by atoms with van der Waals surface area (Å²) in [5.74, 6) is 1.70. The Balaban J connectivity index is 0.00000364. The van der Waals surface area contributed by atoms with Gasteiger partial charge in [0.15, 0.2) is 5.96 Å². The first-order valence-electron chi connectivity index (χ1n) is 10.2. The van der Waals surface area contributed by atoms with Crippen LogP contribution in [-0.4, -0.2) is 88.4 Å². The number of halogens is 1. The minimum absolute atomic E-state index is 0. The highest BCUT2D eigenvalue weighted by Crippen LogP contribution is 2.16. The summed E-state index contributed by atoms with van der Waals surface area (Å²) in [7, 11) is 3.65. The lowest BCUT2D eigenvalue weighted by Crippen LogP contribution is -2.50. The van der Waals surface area contributed by atoms with E-state index in [0.717, 1.165) is 51.2 Å². The molecule has 2 fully saturated rings. The van der Waals surface area contributed by atoms with E-state index in [9.17, 15) is 0 Å². The molecule has 0 atom stereocenters. The van der Waals surface area contributed by atoms with E-state index >= 15 is 0 Å². The number of hydrogen-bond donors (Lipinski definition) is 2. The number of ether oxygens (including phenoxy) is 1. The second-order valence-electron chi connectivity index (χ2n) is 7.88. The van der Waals surface area contributed by atoms with Gasteiger partial charge in [-0.1, -0.05) is 12.2 Å². The molecule has 0 unspecified atom stereocenters. The van der Waals surface area contributed by atoms with Gasteiger partial charge in [0.25, 0.3) is 0 Å². The molecular weight excluding hydrogens is 453 g/mol. The Labute approximate surface area is 183 Å². The van der Waals surface area contributed by atoms with Gasteiger partial charge in [-0.25, -0.2) is 0 Å². The summed E-state index contributed by atoms with van der Waals surface area (Å²) in [4.78, 5) is 9.43. The first-order valence-corrected chi connectivity index (χ1v) is 10.2. The molecule has 0 aromatic rings. The predicted molar refractivity (Wildman–Crippen MR) is 125 cm³/mol. The first-order chi connectivity index (χ1) is 12.6. The van der Waals surface area contributed by atoms with Gasteiger partial charge in [0.05, 0.1) is 6.61 Å². The third-order valence-corrected chi connectivity index (χ3v) is 5.52. The van der Waals surface area contributed by atoms with Crippen LogP contribution in [0.1, 0.15) is 32.6 Å². The zero-order valence-corrected chi connectivity index (χ0v) is 19.8. The molecule has 6 nitrogen and oxygen atoms in total. The number of rotatable bonds is 8. The van der Waals surface area contributed by atoms with Gasteiger partial charge in [-0.05, 0) is 51.6 Å². The Bertz CT molecular complexity index is 444. The molecule has 2 aliphatic rings. The molecule has 0 spiro atoms. The molecule has 27 heavy (non-hydrogen) atoms. The summed E-state index contributed by atoms with van der Waals surface area (Å²) in [6.07, 6.45) is 4.86. The van der Waals surface area contributed by atoms with Crippen molar-refractivity contribution in [3.63, 3.8) is 0 Å². The number of aliphatic imine (C=N–C) groups is 1. The van der Waals surface area contributed by atoms with Crippen molar-refractivity contribution in [2.24, 2.45) is 10.9 Å². The smallest absolute Gasteiger partial charge is 0.191 e. The van der Waals surface area contributed by atoms with E-state index in [-0.39, 0.29) is 24.0 Å². The maximum atomic E-state index is 5.18. The van der Waals surface area contributed by atoms with Crippen LogP contribution in [0.3, 0.4) is 0 Å². The molecule has 0 bridgehead atoms. The van der Waals surface area contributed by atoms with E-state index in [4.69, 9.17) is 4.74 Å².